The molecule has 49 heavy (non-hydrogen) atoms. The van der Waals surface area contributed by atoms with Crippen LogP contribution in [0.5, 0.6) is 17.2 Å². The van der Waals surface area contributed by atoms with Gasteiger partial charge in [-0.25, -0.2) is 18.0 Å². The molecule has 2 fully saturated rings. The fourth-order valence-corrected chi connectivity index (χ4v) is 4.02. The first-order valence-corrected chi connectivity index (χ1v) is 16.1. The van der Waals surface area contributed by atoms with E-state index in [4.69, 9.17) is 42.5 Å². The molecule has 2 aliphatic heterocycles. The van der Waals surface area contributed by atoms with Crippen LogP contribution in [0, 0.1) is 17.5 Å². The molecule has 0 aromatic heterocycles. The number of carboxylic acid groups (broad SMARTS) is 1. The third kappa shape index (κ3) is 18.2. The summed E-state index contributed by atoms with van der Waals surface area (Å²) in [4.78, 5) is 37.7. The van der Waals surface area contributed by atoms with Gasteiger partial charge >= 0.3 is 5.97 Å². The van der Waals surface area contributed by atoms with Crippen LogP contribution in [0.25, 0.3) is 0 Å². The van der Waals surface area contributed by atoms with E-state index in [2.05, 4.69) is 10.6 Å². The van der Waals surface area contributed by atoms with Crippen LogP contribution < -0.4 is 24.8 Å². The highest BCUT2D eigenvalue weighted by atomic mass is 35.5. The van der Waals surface area contributed by atoms with Gasteiger partial charge in [0.1, 0.15) is 34.7 Å². The maximum absolute atomic E-state index is 12.9. The molecular formula is C33H39Cl2F3N4O7. The number of hydrogen-bond acceptors (Lipinski definition) is 8. The molecule has 3 aromatic rings. The zero-order valence-electron chi connectivity index (χ0n) is 26.6. The predicted octanol–water partition coefficient (Wildman–Crippen LogP) is 3.98. The molecule has 3 N–H and O–H groups in total. The Hall–Kier alpha value is -4.24. The molecule has 2 amide bonds. The summed E-state index contributed by atoms with van der Waals surface area (Å²) in [6.45, 7) is 5.44. The smallest absolute Gasteiger partial charge is 0.341 e. The largest absolute Gasteiger partial charge is 0.484 e. The summed E-state index contributed by atoms with van der Waals surface area (Å²) in [5.41, 5.74) is 0. The molecule has 2 saturated heterocycles. The van der Waals surface area contributed by atoms with Crippen LogP contribution >= 0.6 is 23.2 Å². The fraction of sp³-hybridized carbons (Fsp3) is 0.364. The van der Waals surface area contributed by atoms with Gasteiger partial charge in [0.25, 0.3) is 11.8 Å². The van der Waals surface area contributed by atoms with E-state index >= 15 is 0 Å². The molecule has 0 radical (unpaired) electrons. The predicted molar refractivity (Wildman–Crippen MR) is 179 cm³/mol. The normalized spacial score (nSPS) is 13.6. The summed E-state index contributed by atoms with van der Waals surface area (Å²) in [6, 6.07) is 16.0. The van der Waals surface area contributed by atoms with Crippen molar-refractivity contribution in [1.82, 2.24) is 20.4 Å². The number of benzene rings is 3. The minimum atomic E-state index is -1.06. The molecule has 0 atom stereocenters. The average molecular weight is 732 g/mol. The number of nitrogens with one attached hydrogen (secondary N) is 2. The Morgan fingerprint density at radius 1 is 0.571 bits per heavy atom. The van der Waals surface area contributed by atoms with E-state index in [0.29, 0.717) is 43.4 Å². The molecule has 11 nitrogen and oxygen atoms in total. The Kier molecular flexibility index (Phi) is 20.0. The van der Waals surface area contributed by atoms with Crippen molar-refractivity contribution >= 4 is 41.0 Å². The summed E-state index contributed by atoms with van der Waals surface area (Å²) in [6.07, 6.45) is 0. The van der Waals surface area contributed by atoms with Crippen LogP contribution in [0.4, 0.5) is 13.2 Å². The molecule has 0 spiro atoms. The molecule has 2 aliphatic rings. The number of ether oxygens (including phenoxy) is 3. The Bertz CT molecular complexity index is 1300. The Labute approximate surface area is 292 Å². The van der Waals surface area contributed by atoms with Crippen LogP contribution in [0.3, 0.4) is 0 Å². The number of alkyl halides is 2. The first kappa shape index (κ1) is 40.9. The van der Waals surface area contributed by atoms with Gasteiger partial charge in [-0.1, -0.05) is 0 Å². The first-order chi connectivity index (χ1) is 23.6. The first-order valence-electron chi connectivity index (χ1n) is 15.1. The molecule has 268 valence electrons. The van der Waals surface area contributed by atoms with E-state index in [1.807, 2.05) is 0 Å². The zero-order chi connectivity index (χ0) is 35.9. The van der Waals surface area contributed by atoms with Crippen molar-refractivity contribution in [1.29, 1.82) is 0 Å². The van der Waals surface area contributed by atoms with Crippen LogP contribution in [0.15, 0.2) is 72.8 Å². The number of aliphatic carboxylic acids is 1. The highest BCUT2D eigenvalue weighted by Crippen LogP contribution is 2.14. The van der Waals surface area contributed by atoms with Crippen LogP contribution in [-0.2, 0) is 14.4 Å². The fourth-order valence-electron chi connectivity index (χ4n) is 4.02. The van der Waals surface area contributed by atoms with Gasteiger partial charge < -0.3 is 39.8 Å². The van der Waals surface area contributed by atoms with Crippen molar-refractivity contribution in [2.24, 2.45) is 0 Å². The number of hydrogen-bond donors (Lipinski definition) is 3. The highest BCUT2D eigenvalue weighted by Gasteiger charge is 2.24. The van der Waals surface area contributed by atoms with Crippen molar-refractivity contribution in [2.45, 2.75) is 0 Å². The van der Waals surface area contributed by atoms with Crippen molar-refractivity contribution in [3.8, 4) is 17.2 Å². The summed E-state index contributed by atoms with van der Waals surface area (Å²) < 4.78 is 53.5. The lowest BCUT2D eigenvalue weighted by molar-refractivity contribution is -0.141. The van der Waals surface area contributed by atoms with Crippen LogP contribution in [0.2, 0.25) is 0 Å². The van der Waals surface area contributed by atoms with Crippen molar-refractivity contribution < 1.29 is 46.9 Å². The third-order valence-electron chi connectivity index (χ3n) is 6.47. The van der Waals surface area contributed by atoms with Crippen LogP contribution in [-0.4, -0.2) is 110 Å². The maximum Gasteiger partial charge on any atom is 0.341 e. The number of amides is 2. The molecule has 0 aliphatic carbocycles. The zero-order valence-corrected chi connectivity index (χ0v) is 28.1. The lowest BCUT2D eigenvalue weighted by Gasteiger charge is -2.34. The van der Waals surface area contributed by atoms with Gasteiger partial charge in [0, 0.05) is 52.4 Å². The molecule has 0 saturated carbocycles. The minimum Gasteiger partial charge on any atom is -0.484 e. The maximum atomic E-state index is 12.9. The summed E-state index contributed by atoms with van der Waals surface area (Å²) in [5.74, 6) is -1.39. The van der Waals surface area contributed by atoms with E-state index in [1.54, 1.807) is 9.80 Å². The van der Waals surface area contributed by atoms with Gasteiger partial charge in [-0.2, -0.15) is 0 Å². The number of carbonyl (C=O) groups excluding carboxylic acids is 2. The lowest BCUT2D eigenvalue weighted by atomic mass is 10.3. The second kappa shape index (κ2) is 24.0. The van der Waals surface area contributed by atoms with Gasteiger partial charge in [-0.3, -0.25) is 9.59 Å². The minimum absolute atomic E-state index is 0.146. The van der Waals surface area contributed by atoms with E-state index in [9.17, 15) is 27.6 Å². The molecule has 2 heterocycles. The molecule has 0 bridgehead atoms. The second-order valence-corrected chi connectivity index (χ2v) is 10.8. The molecule has 5 rings (SSSR count). The van der Waals surface area contributed by atoms with Gasteiger partial charge in [0.05, 0.1) is 5.34 Å². The topological polar surface area (TPSA) is 130 Å². The van der Waals surface area contributed by atoms with Gasteiger partial charge in [-0.15, -0.1) is 23.2 Å². The van der Waals surface area contributed by atoms with Crippen molar-refractivity contribution in [3.63, 3.8) is 0 Å². The lowest BCUT2D eigenvalue weighted by Crippen LogP contribution is -2.52. The van der Waals surface area contributed by atoms with E-state index in [-0.39, 0.29) is 47.8 Å². The Morgan fingerprint density at radius 2 is 0.837 bits per heavy atom. The third-order valence-corrected chi connectivity index (χ3v) is 6.47. The standard InChI is InChI=1S/C20H20F2N2O4.C8H7FO3.C4H10N2.CH2Cl2/c21-15-1-5-17(6-2-15)27-13-19(25)23-9-11-24(12-10-23)20(26)14-28-18-7-3-16(22)4-8-18;9-6-1-3-7(4-2-6)12-5-8(10)11;1-2-6-4-3-5-1;2-1-3/h1-8H,9-14H2;1-4H,5H2,(H,10,11);5-6H,1-4H2;1H2. The quantitative estimate of drug-likeness (QED) is 0.280. The monoisotopic (exact) mass is 730 g/mol. The van der Waals surface area contributed by atoms with E-state index in [0.717, 1.165) is 26.2 Å². The van der Waals surface area contributed by atoms with E-state index < -0.39 is 12.6 Å². The number of carboxylic acids is 1. The van der Waals surface area contributed by atoms with E-state index in [1.165, 1.54) is 72.8 Å². The van der Waals surface area contributed by atoms with Gasteiger partial charge in [-0.05, 0) is 72.8 Å². The van der Waals surface area contributed by atoms with Crippen molar-refractivity contribution in [2.75, 3.05) is 77.5 Å². The second-order valence-electron chi connectivity index (χ2n) is 9.98. The summed E-state index contributed by atoms with van der Waals surface area (Å²) >= 11 is 9.53. The number of halogens is 5. The average Bonchev–Trinajstić information content (AvgIpc) is 3.12. The molecular weight excluding hydrogens is 692 g/mol. The Morgan fingerprint density at radius 3 is 1.08 bits per heavy atom. The molecule has 3 aromatic carbocycles. The SMILES string of the molecule is C1CNCCN1.ClCCl.O=C(COc1ccc(F)cc1)N1CCN(C(=O)COc2ccc(F)cc2)CC1.O=C(O)COc1ccc(F)cc1. The van der Waals surface area contributed by atoms with Gasteiger partial charge in [0.2, 0.25) is 0 Å². The van der Waals surface area contributed by atoms with Crippen molar-refractivity contribution in [3.05, 3.63) is 90.2 Å². The summed E-state index contributed by atoms with van der Waals surface area (Å²) in [5, 5.41) is 14.9. The van der Waals surface area contributed by atoms with Gasteiger partial charge in [0.15, 0.2) is 19.8 Å². The highest BCUT2D eigenvalue weighted by molar-refractivity contribution is 6.40. The summed E-state index contributed by atoms with van der Waals surface area (Å²) in [7, 11) is 0. The molecule has 16 heteroatoms. The molecule has 0 unspecified atom stereocenters. The Balaban J connectivity index is 0.000000323. The van der Waals surface area contributed by atoms with Crippen LogP contribution in [0.1, 0.15) is 0 Å². The number of piperazine rings is 2. The number of rotatable bonds is 9. The number of carbonyl (C=O) groups is 3. The number of nitrogens with zero attached hydrogens (tertiary/aromatic N) is 2.